The predicted molar refractivity (Wildman–Crippen MR) is 107 cm³/mol. The number of phenols is 1. The van der Waals surface area contributed by atoms with Crippen molar-refractivity contribution >= 4 is 27.5 Å². The van der Waals surface area contributed by atoms with Gasteiger partial charge in [-0.1, -0.05) is 6.07 Å². The van der Waals surface area contributed by atoms with E-state index in [-0.39, 0.29) is 10.6 Å². The van der Waals surface area contributed by atoms with E-state index in [1.807, 2.05) is 0 Å². The van der Waals surface area contributed by atoms with E-state index in [0.717, 1.165) is 11.1 Å². The number of aryl methyl sites for hydroxylation is 1. The lowest BCUT2D eigenvalue weighted by molar-refractivity contribution is 0.0584. The number of hydrogen-bond acceptors (Lipinski definition) is 5. The van der Waals surface area contributed by atoms with Gasteiger partial charge in [-0.2, -0.15) is 0 Å². The molecule has 0 fully saturated rings. The molecule has 1 heterocycles. The monoisotopic (exact) mass is 404 g/mol. The Morgan fingerprint density at radius 3 is 2.57 bits per heavy atom. The van der Waals surface area contributed by atoms with Gasteiger partial charge in [0.1, 0.15) is 16.2 Å². The van der Waals surface area contributed by atoms with Crippen molar-refractivity contribution in [1.82, 2.24) is 0 Å². The minimum absolute atomic E-state index is 0.177. The summed E-state index contributed by atoms with van der Waals surface area (Å²) in [5.41, 5.74) is 2.05. The number of aromatic hydroxyl groups is 1. The SMILES string of the molecule is Cc1ccc(O)c(S(=O)(=O)Nc2ccc3c(c2)CCN3C(=O)OC(C)(C)C)c1. The largest absolute Gasteiger partial charge is 0.507 e. The summed E-state index contributed by atoms with van der Waals surface area (Å²) < 4.78 is 33.2. The van der Waals surface area contributed by atoms with Crippen LogP contribution >= 0.6 is 0 Å². The molecule has 28 heavy (non-hydrogen) atoms. The molecule has 2 aromatic carbocycles. The Balaban J connectivity index is 1.83. The normalized spacial score (nSPS) is 13.9. The van der Waals surface area contributed by atoms with Crippen molar-refractivity contribution in [2.45, 2.75) is 44.6 Å². The Hall–Kier alpha value is -2.74. The molecule has 8 heteroatoms. The fourth-order valence-corrected chi connectivity index (χ4v) is 4.25. The second kappa shape index (κ2) is 7.01. The van der Waals surface area contributed by atoms with E-state index in [0.29, 0.717) is 24.3 Å². The van der Waals surface area contributed by atoms with Crippen molar-refractivity contribution in [2.75, 3.05) is 16.2 Å². The molecular weight excluding hydrogens is 380 g/mol. The zero-order valence-electron chi connectivity index (χ0n) is 16.3. The highest BCUT2D eigenvalue weighted by Crippen LogP contribution is 2.33. The minimum Gasteiger partial charge on any atom is -0.507 e. The first-order chi connectivity index (χ1) is 13.0. The van der Waals surface area contributed by atoms with Gasteiger partial charge < -0.3 is 9.84 Å². The van der Waals surface area contributed by atoms with E-state index in [9.17, 15) is 18.3 Å². The van der Waals surface area contributed by atoms with Crippen LogP contribution in [0.15, 0.2) is 41.3 Å². The van der Waals surface area contributed by atoms with Gasteiger partial charge in [0.25, 0.3) is 10.0 Å². The van der Waals surface area contributed by atoms with Gasteiger partial charge in [-0.25, -0.2) is 13.2 Å². The molecule has 0 aliphatic carbocycles. The molecule has 1 aliphatic heterocycles. The standard InChI is InChI=1S/C20H24N2O5S/c1-13-5-8-17(23)18(11-13)28(25,26)21-15-6-7-16-14(12-15)9-10-22(16)19(24)27-20(2,3)4/h5-8,11-12,21,23H,9-10H2,1-4H3. The van der Waals surface area contributed by atoms with Gasteiger partial charge >= 0.3 is 6.09 Å². The van der Waals surface area contributed by atoms with Crippen LogP contribution in [0.25, 0.3) is 0 Å². The smallest absolute Gasteiger partial charge is 0.414 e. The van der Waals surface area contributed by atoms with Crippen LogP contribution in [-0.4, -0.2) is 31.8 Å². The molecule has 0 unspecified atom stereocenters. The number of carbonyl (C=O) groups is 1. The van der Waals surface area contributed by atoms with Gasteiger partial charge in [0, 0.05) is 12.2 Å². The predicted octanol–water partition coefficient (Wildman–Crippen LogP) is 3.80. The van der Waals surface area contributed by atoms with Crippen LogP contribution in [0.4, 0.5) is 16.2 Å². The lowest BCUT2D eigenvalue weighted by Crippen LogP contribution is -2.35. The number of nitrogens with zero attached hydrogens (tertiary/aromatic N) is 1. The Morgan fingerprint density at radius 2 is 1.89 bits per heavy atom. The molecule has 0 radical (unpaired) electrons. The zero-order valence-corrected chi connectivity index (χ0v) is 17.1. The van der Waals surface area contributed by atoms with Crippen LogP contribution in [0, 0.1) is 6.92 Å². The molecular formula is C20H24N2O5S. The molecule has 0 saturated carbocycles. The molecule has 0 bridgehead atoms. The number of benzene rings is 2. The van der Waals surface area contributed by atoms with E-state index in [2.05, 4.69) is 4.72 Å². The molecule has 2 aromatic rings. The van der Waals surface area contributed by atoms with Crippen molar-refractivity contribution < 1.29 is 23.1 Å². The summed E-state index contributed by atoms with van der Waals surface area (Å²) in [6.45, 7) is 7.64. The third kappa shape index (κ3) is 4.22. The molecule has 0 saturated heterocycles. The van der Waals surface area contributed by atoms with Gasteiger partial charge in [-0.3, -0.25) is 9.62 Å². The number of carbonyl (C=O) groups excluding carboxylic acids is 1. The van der Waals surface area contributed by atoms with E-state index in [4.69, 9.17) is 4.74 Å². The number of ether oxygens (including phenoxy) is 1. The van der Waals surface area contributed by atoms with Crippen molar-refractivity contribution in [3.05, 3.63) is 47.5 Å². The van der Waals surface area contributed by atoms with Crippen molar-refractivity contribution in [1.29, 1.82) is 0 Å². The Labute approximate surface area is 165 Å². The van der Waals surface area contributed by atoms with Crippen molar-refractivity contribution in [3.63, 3.8) is 0 Å². The van der Waals surface area contributed by atoms with E-state index in [1.54, 1.807) is 56.9 Å². The molecule has 1 aliphatic rings. The van der Waals surface area contributed by atoms with Gasteiger partial charge in [-0.15, -0.1) is 0 Å². The van der Waals surface area contributed by atoms with E-state index < -0.39 is 21.7 Å². The quantitative estimate of drug-likeness (QED) is 0.811. The molecule has 2 N–H and O–H groups in total. The average molecular weight is 404 g/mol. The van der Waals surface area contributed by atoms with Gasteiger partial charge in [0.2, 0.25) is 0 Å². The number of nitrogens with one attached hydrogen (secondary N) is 1. The van der Waals surface area contributed by atoms with Gasteiger partial charge in [0.15, 0.2) is 0 Å². The van der Waals surface area contributed by atoms with Crippen molar-refractivity contribution in [2.24, 2.45) is 0 Å². The molecule has 7 nitrogen and oxygen atoms in total. The first-order valence-electron chi connectivity index (χ1n) is 8.92. The maximum atomic E-state index is 12.6. The van der Waals surface area contributed by atoms with Gasteiger partial charge in [-0.05, 0) is 75.6 Å². The number of amides is 1. The van der Waals surface area contributed by atoms with Crippen LogP contribution in [-0.2, 0) is 21.2 Å². The number of hydrogen-bond donors (Lipinski definition) is 2. The number of fused-ring (bicyclic) bond motifs is 1. The van der Waals surface area contributed by atoms with E-state index >= 15 is 0 Å². The summed E-state index contributed by atoms with van der Waals surface area (Å²) in [4.78, 5) is 13.7. The average Bonchev–Trinajstić information content (AvgIpc) is 2.98. The Kier molecular flexibility index (Phi) is 5.01. The number of anilines is 2. The number of phenolic OH excluding ortho intramolecular Hbond substituents is 1. The Morgan fingerprint density at radius 1 is 1.18 bits per heavy atom. The van der Waals surface area contributed by atoms with E-state index in [1.165, 1.54) is 12.1 Å². The first-order valence-corrected chi connectivity index (χ1v) is 10.4. The summed E-state index contributed by atoms with van der Waals surface area (Å²) in [5, 5.41) is 9.91. The maximum absolute atomic E-state index is 12.6. The lowest BCUT2D eigenvalue weighted by Gasteiger charge is -2.24. The topological polar surface area (TPSA) is 95.9 Å². The highest BCUT2D eigenvalue weighted by Gasteiger charge is 2.29. The second-order valence-corrected chi connectivity index (χ2v) is 9.45. The fourth-order valence-electron chi connectivity index (χ4n) is 3.02. The summed E-state index contributed by atoms with van der Waals surface area (Å²) in [6, 6.07) is 9.38. The van der Waals surface area contributed by atoms with Crippen LogP contribution in [0.1, 0.15) is 31.9 Å². The summed E-state index contributed by atoms with van der Waals surface area (Å²) >= 11 is 0. The summed E-state index contributed by atoms with van der Waals surface area (Å²) in [5.74, 6) is -0.310. The van der Waals surface area contributed by atoms with Crippen LogP contribution in [0.3, 0.4) is 0 Å². The molecule has 150 valence electrons. The third-order valence-corrected chi connectivity index (χ3v) is 5.66. The maximum Gasteiger partial charge on any atom is 0.414 e. The third-order valence-electron chi connectivity index (χ3n) is 4.25. The molecule has 3 rings (SSSR count). The highest BCUT2D eigenvalue weighted by molar-refractivity contribution is 7.92. The number of sulfonamides is 1. The zero-order chi connectivity index (χ0) is 20.7. The minimum atomic E-state index is -3.94. The molecule has 0 aromatic heterocycles. The summed E-state index contributed by atoms with van der Waals surface area (Å²) in [7, 11) is -3.94. The van der Waals surface area contributed by atoms with Gasteiger partial charge in [0.05, 0.1) is 5.69 Å². The van der Waals surface area contributed by atoms with Crippen LogP contribution in [0.5, 0.6) is 5.75 Å². The second-order valence-electron chi connectivity index (χ2n) is 7.80. The van der Waals surface area contributed by atoms with Crippen LogP contribution < -0.4 is 9.62 Å². The number of rotatable bonds is 3. The molecule has 1 amide bonds. The fraction of sp³-hybridized carbons (Fsp3) is 0.350. The van der Waals surface area contributed by atoms with Crippen molar-refractivity contribution in [3.8, 4) is 5.75 Å². The first kappa shape index (κ1) is 20.0. The summed E-state index contributed by atoms with van der Waals surface area (Å²) in [6.07, 6.45) is 0.170. The highest BCUT2D eigenvalue weighted by atomic mass is 32.2. The lowest BCUT2D eigenvalue weighted by atomic mass is 10.1. The Bertz CT molecular complexity index is 1030. The molecule has 0 atom stereocenters. The van der Waals surface area contributed by atoms with Crippen LogP contribution in [0.2, 0.25) is 0 Å². The molecule has 0 spiro atoms.